The first-order valence-electron chi connectivity index (χ1n) is 15.9. The van der Waals surface area contributed by atoms with Crippen LogP contribution in [0.3, 0.4) is 0 Å². The Morgan fingerprint density at radius 3 is 2.16 bits per heavy atom. The highest BCUT2D eigenvalue weighted by molar-refractivity contribution is 7.92. The second kappa shape index (κ2) is 16.2. The van der Waals surface area contributed by atoms with Crippen molar-refractivity contribution >= 4 is 33.2 Å². The van der Waals surface area contributed by atoms with Gasteiger partial charge in [0.1, 0.15) is 18.3 Å². The first-order chi connectivity index (χ1) is 23.3. The molecule has 0 aliphatic rings. The van der Waals surface area contributed by atoms with Gasteiger partial charge in [-0.3, -0.25) is 24.0 Å². The highest BCUT2D eigenvalue weighted by Crippen LogP contribution is 2.30. The molecule has 4 aromatic rings. The Morgan fingerprint density at radius 2 is 1.55 bits per heavy atom. The maximum Gasteiger partial charge on any atom is 0.273 e. The van der Waals surface area contributed by atoms with Crippen molar-refractivity contribution in [2.24, 2.45) is 5.92 Å². The van der Waals surface area contributed by atoms with E-state index in [-0.39, 0.29) is 46.6 Å². The summed E-state index contributed by atoms with van der Waals surface area (Å²) in [4.78, 5) is 40.8. The van der Waals surface area contributed by atoms with Crippen LogP contribution in [0.4, 0.5) is 11.4 Å². The number of amides is 2. The number of nitro groups is 1. The molecule has 0 aromatic heterocycles. The van der Waals surface area contributed by atoms with Crippen molar-refractivity contribution in [1.29, 1.82) is 0 Å². The van der Waals surface area contributed by atoms with Crippen LogP contribution in [0.25, 0.3) is 0 Å². The molecule has 0 spiro atoms. The molecule has 12 heteroatoms. The van der Waals surface area contributed by atoms with Crippen molar-refractivity contribution in [2.45, 2.75) is 51.6 Å². The van der Waals surface area contributed by atoms with E-state index in [1.807, 2.05) is 75.4 Å². The van der Waals surface area contributed by atoms with Crippen molar-refractivity contribution < 1.29 is 27.7 Å². The van der Waals surface area contributed by atoms with Crippen LogP contribution in [0, 0.1) is 29.9 Å². The molecule has 0 bridgehead atoms. The molecular formula is C37H42N4O7S. The molecule has 0 fully saturated rings. The highest BCUT2D eigenvalue weighted by atomic mass is 32.2. The predicted molar refractivity (Wildman–Crippen MR) is 189 cm³/mol. The van der Waals surface area contributed by atoms with Crippen LogP contribution in [0.1, 0.15) is 36.1 Å². The number of nitro benzene ring substituents is 1. The summed E-state index contributed by atoms with van der Waals surface area (Å²) in [5, 5.41) is 14.7. The van der Waals surface area contributed by atoms with E-state index in [1.54, 1.807) is 12.1 Å². The SMILES string of the molecule is COc1ccc(N(CC(=O)N(Cc2ccccc2C)C(Cc2ccccc2)C(=O)NCC(C)C)S(=O)(=O)c2ccc(C)c([N+](=O)[O-])c2)cc1. The van der Waals surface area contributed by atoms with Gasteiger partial charge < -0.3 is 15.0 Å². The lowest BCUT2D eigenvalue weighted by Crippen LogP contribution is -2.53. The number of carbonyl (C=O) groups is 2. The topological polar surface area (TPSA) is 139 Å². The fraction of sp³-hybridized carbons (Fsp3) is 0.297. The second-order valence-electron chi connectivity index (χ2n) is 12.2. The maximum atomic E-state index is 14.7. The minimum absolute atomic E-state index is 0.0324. The fourth-order valence-electron chi connectivity index (χ4n) is 5.30. The van der Waals surface area contributed by atoms with Crippen LogP contribution in [0.5, 0.6) is 5.75 Å². The number of carbonyl (C=O) groups excluding carboxylic acids is 2. The molecule has 1 atom stereocenters. The molecule has 4 rings (SSSR count). The smallest absolute Gasteiger partial charge is 0.273 e. The third-order valence-corrected chi connectivity index (χ3v) is 9.93. The van der Waals surface area contributed by atoms with Crippen LogP contribution in [-0.4, -0.2) is 56.3 Å². The molecule has 49 heavy (non-hydrogen) atoms. The van der Waals surface area contributed by atoms with Crippen molar-refractivity contribution in [3.63, 3.8) is 0 Å². The van der Waals surface area contributed by atoms with Gasteiger partial charge in [0, 0.05) is 31.1 Å². The molecule has 0 heterocycles. The van der Waals surface area contributed by atoms with Gasteiger partial charge in [-0.05, 0) is 66.8 Å². The third kappa shape index (κ3) is 9.23. The number of anilines is 1. The standard InChI is InChI=1S/C37H42N4O7S/c1-26(2)23-38-37(43)35(21-29-12-7-6-8-13-29)39(24-30-14-10-9-11-27(30)3)36(42)25-40(31-16-18-32(48-5)19-17-31)49(46,47)33-20-15-28(4)34(22-33)41(44)45/h6-20,22,26,35H,21,23-25H2,1-5H3,(H,38,43). The molecule has 2 amide bonds. The second-order valence-corrected chi connectivity index (χ2v) is 14.1. The first kappa shape index (κ1) is 36.6. The Morgan fingerprint density at radius 1 is 0.898 bits per heavy atom. The van der Waals surface area contributed by atoms with Gasteiger partial charge in [-0.2, -0.15) is 0 Å². The summed E-state index contributed by atoms with van der Waals surface area (Å²) in [5.74, 6) is -0.391. The Labute approximate surface area is 287 Å². The van der Waals surface area contributed by atoms with Crippen LogP contribution in [0.2, 0.25) is 0 Å². The maximum absolute atomic E-state index is 14.7. The number of rotatable bonds is 15. The van der Waals surface area contributed by atoms with Crippen LogP contribution >= 0.6 is 0 Å². The number of ether oxygens (including phenoxy) is 1. The van der Waals surface area contributed by atoms with Crippen LogP contribution < -0.4 is 14.4 Å². The van der Waals surface area contributed by atoms with Crippen molar-refractivity contribution in [2.75, 3.05) is 24.5 Å². The van der Waals surface area contributed by atoms with Crippen molar-refractivity contribution in [1.82, 2.24) is 10.2 Å². The molecule has 0 radical (unpaired) electrons. The number of benzene rings is 4. The van der Waals surface area contributed by atoms with Gasteiger partial charge in [-0.1, -0.05) is 74.5 Å². The number of methoxy groups -OCH3 is 1. The molecule has 1 N–H and O–H groups in total. The van der Waals surface area contributed by atoms with Gasteiger partial charge >= 0.3 is 0 Å². The predicted octanol–water partition coefficient (Wildman–Crippen LogP) is 5.83. The van der Waals surface area contributed by atoms with Crippen LogP contribution in [0.15, 0.2) is 102 Å². The van der Waals surface area contributed by atoms with E-state index >= 15 is 0 Å². The Hall–Kier alpha value is -5.23. The number of hydrogen-bond donors (Lipinski definition) is 1. The van der Waals surface area contributed by atoms with E-state index in [1.165, 1.54) is 43.2 Å². The van der Waals surface area contributed by atoms with E-state index in [4.69, 9.17) is 4.74 Å². The van der Waals surface area contributed by atoms with Gasteiger partial charge in [0.25, 0.3) is 15.7 Å². The van der Waals surface area contributed by atoms with Gasteiger partial charge in [0.2, 0.25) is 11.8 Å². The minimum Gasteiger partial charge on any atom is -0.497 e. The van der Waals surface area contributed by atoms with E-state index in [9.17, 15) is 28.1 Å². The Balaban J connectivity index is 1.85. The van der Waals surface area contributed by atoms with E-state index in [2.05, 4.69) is 5.32 Å². The molecule has 11 nitrogen and oxygen atoms in total. The number of nitrogens with zero attached hydrogens (tertiary/aromatic N) is 3. The summed E-state index contributed by atoms with van der Waals surface area (Å²) in [6.45, 7) is 7.08. The Kier molecular flexibility index (Phi) is 12.1. The number of nitrogens with one attached hydrogen (secondary N) is 1. The average Bonchev–Trinajstić information content (AvgIpc) is 3.08. The number of hydrogen-bond acceptors (Lipinski definition) is 7. The van der Waals surface area contributed by atoms with Crippen LogP contribution in [-0.2, 0) is 32.6 Å². The molecule has 0 saturated heterocycles. The van der Waals surface area contributed by atoms with Gasteiger partial charge in [-0.25, -0.2) is 8.42 Å². The summed E-state index contributed by atoms with van der Waals surface area (Å²) >= 11 is 0. The first-order valence-corrected chi connectivity index (χ1v) is 17.3. The van der Waals surface area contributed by atoms with Crippen molar-refractivity contribution in [3.8, 4) is 5.75 Å². The normalized spacial score (nSPS) is 11.9. The molecule has 258 valence electrons. The van der Waals surface area contributed by atoms with E-state index < -0.39 is 33.4 Å². The lowest BCUT2D eigenvalue weighted by Gasteiger charge is -2.34. The lowest BCUT2D eigenvalue weighted by molar-refractivity contribution is -0.385. The summed E-state index contributed by atoms with van der Waals surface area (Å²) in [6.07, 6.45) is 0.182. The highest BCUT2D eigenvalue weighted by Gasteiger charge is 2.35. The number of sulfonamides is 1. The molecular weight excluding hydrogens is 644 g/mol. The largest absolute Gasteiger partial charge is 0.497 e. The zero-order valence-corrected chi connectivity index (χ0v) is 29.1. The molecule has 0 aliphatic carbocycles. The molecule has 0 aliphatic heterocycles. The summed E-state index contributed by atoms with van der Waals surface area (Å²) in [7, 11) is -3.07. The zero-order valence-electron chi connectivity index (χ0n) is 28.3. The Bertz CT molecular complexity index is 1880. The minimum atomic E-state index is -4.54. The van der Waals surface area contributed by atoms with Gasteiger partial charge in [-0.15, -0.1) is 0 Å². The molecule has 0 saturated carbocycles. The van der Waals surface area contributed by atoms with E-state index in [0.717, 1.165) is 27.1 Å². The van der Waals surface area contributed by atoms with Crippen molar-refractivity contribution in [3.05, 3.63) is 129 Å². The molecule has 4 aromatic carbocycles. The van der Waals surface area contributed by atoms with E-state index in [0.29, 0.717) is 12.3 Å². The lowest BCUT2D eigenvalue weighted by atomic mass is 10.0. The quantitative estimate of drug-likeness (QED) is 0.123. The summed E-state index contributed by atoms with van der Waals surface area (Å²) in [6, 6.07) is 25.5. The van der Waals surface area contributed by atoms with Gasteiger partial charge in [0.05, 0.1) is 22.6 Å². The fourth-order valence-corrected chi connectivity index (χ4v) is 6.73. The summed E-state index contributed by atoms with van der Waals surface area (Å²) in [5.41, 5.74) is 2.56. The third-order valence-electron chi connectivity index (χ3n) is 8.16. The average molecular weight is 687 g/mol. The molecule has 1 unspecified atom stereocenters. The number of aryl methyl sites for hydroxylation is 2. The monoisotopic (exact) mass is 686 g/mol. The zero-order chi connectivity index (χ0) is 35.7. The summed E-state index contributed by atoms with van der Waals surface area (Å²) < 4.78 is 34.9. The van der Waals surface area contributed by atoms with Gasteiger partial charge in [0.15, 0.2) is 0 Å².